The summed E-state index contributed by atoms with van der Waals surface area (Å²) in [4.78, 5) is 22.8. The lowest BCUT2D eigenvalue weighted by atomic mass is 10.1. The van der Waals surface area contributed by atoms with Crippen LogP contribution >= 0.6 is 11.8 Å². The van der Waals surface area contributed by atoms with Gasteiger partial charge in [-0.15, -0.1) is 0 Å². The van der Waals surface area contributed by atoms with Crippen LogP contribution < -0.4 is 10.6 Å². The Morgan fingerprint density at radius 2 is 1.85 bits per heavy atom. The highest BCUT2D eigenvalue weighted by Gasteiger charge is 2.17. The van der Waals surface area contributed by atoms with Crippen molar-refractivity contribution in [2.75, 3.05) is 24.7 Å². The summed E-state index contributed by atoms with van der Waals surface area (Å²) < 4.78 is 0. The smallest absolute Gasteiger partial charge is 0.229 e. The second-order valence-electron chi connectivity index (χ2n) is 6.28. The third-order valence-electron chi connectivity index (χ3n) is 3.89. The number of anilines is 2. The normalized spacial score (nSPS) is 12.2. The molecule has 1 aromatic carbocycles. The largest absolute Gasteiger partial charge is 0.368 e. The van der Waals surface area contributed by atoms with Gasteiger partial charge >= 0.3 is 0 Å². The fourth-order valence-electron chi connectivity index (χ4n) is 2.48. The van der Waals surface area contributed by atoms with E-state index in [-0.39, 0.29) is 11.2 Å². The first-order valence-corrected chi connectivity index (χ1v) is 9.25. The number of nitrogens with two attached hydrogens (primary N) is 1. The second kappa shape index (κ2) is 7.74. The van der Waals surface area contributed by atoms with Gasteiger partial charge in [0.1, 0.15) is 5.82 Å². The minimum atomic E-state index is -0.00544. The molecule has 136 valence electrons. The quantitative estimate of drug-likeness (QED) is 0.645. The number of aryl methyl sites for hydroxylation is 1. The maximum Gasteiger partial charge on any atom is 0.229 e. The molecule has 2 heterocycles. The van der Waals surface area contributed by atoms with E-state index < -0.39 is 0 Å². The van der Waals surface area contributed by atoms with Crippen LogP contribution in [0.1, 0.15) is 34.9 Å². The second-order valence-corrected chi connectivity index (χ2v) is 7.61. The molecule has 2 aromatic heterocycles. The lowest BCUT2D eigenvalue weighted by molar-refractivity contribution is 0.860. The summed E-state index contributed by atoms with van der Waals surface area (Å²) in [6.07, 6.45) is 0.807. The van der Waals surface area contributed by atoms with Crippen molar-refractivity contribution < 1.29 is 0 Å². The molecule has 0 aliphatic heterocycles. The van der Waals surface area contributed by atoms with Crippen LogP contribution in [0.5, 0.6) is 0 Å². The van der Waals surface area contributed by atoms with E-state index in [1.54, 1.807) is 11.8 Å². The van der Waals surface area contributed by atoms with Gasteiger partial charge in [-0.1, -0.05) is 42.1 Å². The van der Waals surface area contributed by atoms with Crippen LogP contribution in [0.15, 0.2) is 35.5 Å². The highest BCUT2D eigenvalue weighted by molar-refractivity contribution is 7.99. The van der Waals surface area contributed by atoms with E-state index in [9.17, 15) is 0 Å². The van der Waals surface area contributed by atoms with Gasteiger partial charge in [-0.2, -0.15) is 15.0 Å². The van der Waals surface area contributed by atoms with Crippen LogP contribution in [-0.2, 0) is 6.42 Å². The van der Waals surface area contributed by atoms with Gasteiger partial charge < -0.3 is 15.6 Å². The molecule has 0 aliphatic carbocycles. The number of rotatable bonds is 6. The summed E-state index contributed by atoms with van der Waals surface area (Å²) in [6.45, 7) is 4.08. The van der Waals surface area contributed by atoms with Crippen molar-refractivity contribution >= 4 is 23.7 Å². The number of imidazole rings is 1. The van der Waals surface area contributed by atoms with Crippen LogP contribution in [-0.4, -0.2) is 39.0 Å². The van der Waals surface area contributed by atoms with E-state index in [4.69, 9.17) is 10.7 Å². The third-order valence-corrected chi connectivity index (χ3v) is 4.87. The number of nitrogen functional groups attached to an aromatic ring is 1. The number of aromatic nitrogens is 5. The molecule has 0 fully saturated rings. The van der Waals surface area contributed by atoms with Gasteiger partial charge in [-0.25, -0.2) is 4.98 Å². The Hall–Kier alpha value is -2.61. The zero-order chi connectivity index (χ0) is 18.7. The molecule has 0 amide bonds. The minimum absolute atomic E-state index is 0.00544. The van der Waals surface area contributed by atoms with E-state index in [0.717, 1.165) is 23.0 Å². The third kappa shape index (κ3) is 4.32. The molecule has 26 heavy (non-hydrogen) atoms. The predicted octanol–water partition coefficient (Wildman–Crippen LogP) is 3.00. The molecule has 8 heteroatoms. The highest BCUT2D eigenvalue weighted by atomic mass is 32.2. The zero-order valence-electron chi connectivity index (χ0n) is 15.4. The summed E-state index contributed by atoms with van der Waals surface area (Å²) in [6, 6.07) is 10.3. The lowest BCUT2D eigenvalue weighted by Gasteiger charge is -2.13. The topological polar surface area (TPSA) is 96.6 Å². The number of nitrogens with zero attached hydrogens (tertiary/aromatic N) is 5. The Labute approximate surface area is 157 Å². The van der Waals surface area contributed by atoms with Crippen molar-refractivity contribution in [2.45, 2.75) is 30.7 Å². The van der Waals surface area contributed by atoms with Gasteiger partial charge in [-0.3, -0.25) is 0 Å². The Morgan fingerprint density at radius 1 is 1.12 bits per heavy atom. The van der Waals surface area contributed by atoms with E-state index in [1.165, 1.54) is 5.56 Å². The zero-order valence-corrected chi connectivity index (χ0v) is 16.2. The van der Waals surface area contributed by atoms with Gasteiger partial charge in [0.05, 0.1) is 10.9 Å². The molecule has 3 aromatic rings. The number of thioether (sulfide) groups is 1. The molecule has 3 rings (SSSR count). The molecule has 3 N–H and O–H groups in total. The highest BCUT2D eigenvalue weighted by Crippen LogP contribution is 2.32. The van der Waals surface area contributed by atoms with Gasteiger partial charge in [0.15, 0.2) is 5.16 Å². The summed E-state index contributed by atoms with van der Waals surface area (Å²) >= 11 is 1.58. The fraction of sp³-hybridized carbons (Fsp3) is 0.333. The van der Waals surface area contributed by atoms with Crippen molar-refractivity contribution in [3.63, 3.8) is 0 Å². The summed E-state index contributed by atoms with van der Waals surface area (Å²) in [7, 11) is 3.75. The van der Waals surface area contributed by atoms with Gasteiger partial charge in [0, 0.05) is 26.2 Å². The van der Waals surface area contributed by atoms with Crippen LogP contribution in [0.25, 0.3) is 0 Å². The first kappa shape index (κ1) is 18.2. The Morgan fingerprint density at radius 3 is 2.54 bits per heavy atom. The monoisotopic (exact) mass is 369 g/mol. The predicted molar refractivity (Wildman–Crippen MR) is 105 cm³/mol. The Balaban J connectivity index is 1.76. The number of hydrogen-bond donors (Lipinski definition) is 2. The van der Waals surface area contributed by atoms with Gasteiger partial charge in [0.25, 0.3) is 0 Å². The van der Waals surface area contributed by atoms with E-state index in [2.05, 4.69) is 32.1 Å². The van der Waals surface area contributed by atoms with Gasteiger partial charge in [-0.05, 0) is 19.4 Å². The number of aromatic amines is 1. The Bertz CT molecular complexity index is 877. The molecular formula is C18H23N7S. The first-order chi connectivity index (χ1) is 12.4. The molecule has 0 saturated heterocycles. The van der Waals surface area contributed by atoms with Crippen LogP contribution in [0, 0.1) is 6.92 Å². The standard InChI is InChI=1S/C18H23N7S/c1-11-14(10-13-8-6-5-7-9-13)21-18(20-11)26-12(2)15-22-16(19)24-17(23-15)25(3)4/h5-9,12H,10H2,1-4H3,(H,20,21)(H2,19,22,23,24)/t12-/m1/s1. The first-order valence-electron chi connectivity index (χ1n) is 8.37. The summed E-state index contributed by atoms with van der Waals surface area (Å²) in [5, 5.41) is 0.848. The van der Waals surface area contributed by atoms with Crippen molar-refractivity contribution in [1.82, 2.24) is 24.9 Å². The molecule has 0 unspecified atom stereocenters. The SMILES string of the molecule is Cc1[nH]c(S[C@H](C)c2nc(N)nc(N(C)C)n2)nc1Cc1ccccc1. The molecule has 0 radical (unpaired) electrons. The average molecular weight is 369 g/mol. The van der Waals surface area contributed by atoms with Crippen molar-refractivity contribution in [1.29, 1.82) is 0 Å². The number of hydrogen-bond acceptors (Lipinski definition) is 7. The van der Waals surface area contributed by atoms with Crippen LogP contribution in [0.3, 0.4) is 0 Å². The number of H-pyrrole nitrogens is 1. The fourth-order valence-corrected chi connectivity index (χ4v) is 3.40. The maximum atomic E-state index is 5.82. The van der Waals surface area contributed by atoms with Crippen LogP contribution in [0.2, 0.25) is 0 Å². The molecule has 1 atom stereocenters. The molecule has 0 bridgehead atoms. The van der Waals surface area contributed by atoms with Crippen molar-refractivity contribution in [3.05, 3.63) is 53.1 Å². The number of benzene rings is 1. The maximum absolute atomic E-state index is 5.82. The molecule has 7 nitrogen and oxygen atoms in total. The van der Waals surface area contributed by atoms with Crippen molar-refractivity contribution in [3.8, 4) is 0 Å². The Kier molecular flexibility index (Phi) is 5.41. The van der Waals surface area contributed by atoms with Crippen LogP contribution in [0.4, 0.5) is 11.9 Å². The minimum Gasteiger partial charge on any atom is -0.368 e. The molecule has 0 saturated carbocycles. The molecule has 0 spiro atoms. The summed E-state index contributed by atoms with van der Waals surface area (Å²) in [5.74, 6) is 1.43. The average Bonchev–Trinajstić information content (AvgIpc) is 2.94. The van der Waals surface area contributed by atoms with E-state index in [0.29, 0.717) is 11.8 Å². The molecule has 0 aliphatic rings. The lowest BCUT2D eigenvalue weighted by Crippen LogP contribution is -2.16. The summed E-state index contributed by atoms with van der Waals surface area (Å²) in [5.41, 5.74) is 9.19. The number of nitrogens with one attached hydrogen (secondary N) is 1. The van der Waals surface area contributed by atoms with Crippen molar-refractivity contribution in [2.24, 2.45) is 0 Å². The molecular weight excluding hydrogens is 346 g/mol. The van der Waals surface area contributed by atoms with E-state index >= 15 is 0 Å². The van der Waals surface area contributed by atoms with E-state index in [1.807, 2.05) is 51.0 Å². The van der Waals surface area contributed by atoms with Gasteiger partial charge in [0.2, 0.25) is 11.9 Å².